The summed E-state index contributed by atoms with van der Waals surface area (Å²) in [4.78, 5) is 0. The van der Waals surface area contributed by atoms with Crippen LogP contribution >= 0.6 is 23.2 Å². The fourth-order valence-corrected chi connectivity index (χ4v) is 2.96. The lowest BCUT2D eigenvalue weighted by atomic mass is 10.1. The summed E-state index contributed by atoms with van der Waals surface area (Å²) >= 11 is 12.0. The quantitative estimate of drug-likeness (QED) is 0.446. The SMILES string of the molecule is CCCCCCCCCCNCCc1ccc(Cl)cc1Cl. The number of hydrogen-bond donors (Lipinski definition) is 1. The molecule has 0 aliphatic rings. The molecule has 1 nitrogen and oxygen atoms in total. The van der Waals surface area contributed by atoms with E-state index in [0.29, 0.717) is 5.02 Å². The van der Waals surface area contributed by atoms with Crippen LogP contribution in [0.4, 0.5) is 0 Å². The topological polar surface area (TPSA) is 12.0 Å². The monoisotopic (exact) mass is 329 g/mol. The highest BCUT2D eigenvalue weighted by Crippen LogP contribution is 2.21. The Kier molecular flexibility index (Phi) is 11.0. The van der Waals surface area contributed by atoms with Gasteiger partial charge in [0.15, 0.2) is 0 Å². The fourth-order valence-electron chi connectivity index (χ4n) is 2.46. The van der Waals surface area contributed by atoms with E-state index in [2.05, 4.69) is 12.2 Å². The van der Waals surface area contributed by atoms with Crippen molar-refractivity contribution in [3.63, 3.8) is 0 Å². The zero-order chi connectivity index (χ0) is 15.3. The van der Waals surface area contributed by atoms with Crippen LogP contribution in [0.3, 0.4) is 0 Å². The summed E-state index contributed by atoms with van der Waals surface area (Å²) in [7, 11) is 0. The third-order valence-corrected chi connectivity index (χ3v) is 4.38. The molecule has 120 valence electrons. The maximum Gasteiger partial charge on any atom is 0.0453 e. The number of hydrogen-bond acceptors (Lipinski definition) is 1. The van der Waals surface area contributed by atoms with Crippen molar-refractivity contribution in [1.29, 1.82) is 0 Å². The van der Waals surface area contributed by atoms with E-state index in [9.17, 15) is 0 Å². The summed E-state index contributed by atoms with van der Waals surface area (Å²) in [5, 5.41) is 4.97. The smallest absolute Gasteiger partial charge is 0.0453 e. The maximum atomic E-state index is 6.15. The Hall–Kier alpha value is -0.240. The number of rotatable bonds is 12. The average molecular weight is 330 g/mol. The molecular weight excluding hydrogens is 301 g/mol. The minimum atomic E-state index is 0.704. The molecule has 0 heterocycles. The molecule has 0 amide bonds. The van der Waals surface area contributed by atoms with Crippen molar-refractivity contribution < 1.29 is 0 Å². The lowest BCUT2D eigenvalue weighted by Crippen LogP contribution is -2.18. The van der Waals surface area contributed by atoms with E-state index in [-0.39, 0.29) is 0 Å². The average Bonchev–Trinajstić information content (AvgIpc) is 2.46. The number of halogens is 2. The van der Waals surface area contributed by atoms with Crippen LogP contribution in [0.5, 0.6) is 0 Å². The number of nitrogens with one attached hydrogen (secondary N) is 1. The molecule has 0 saturated carbocycles. The third-order valence-electron chi connectivity index (χ3n) is 3.79. The van der Waals surface area contributed by atoms with Crippen molar-refractivity contribution >= 4 is 23.2 Å². The summed E-state index contributed by atoms with van der Waals surface area (Å²) in [5.74, 6) is 0. The minimum absolute atomic E-state index is 0.704. The second kappa shape index (κ2) is 12.3. The van der Waals surface area contributed by atoms with Gasteiger partial charge in [0, 0.05) is 10.0 Å². The number of benzene rings is 1. The molecule has 0 spiro atoms. The zero-order valence-electron chi connectivity index (χ0n) is 13.3. The molecule has 1 aromatic carbocycles. The lowest BCUT2D eigenvalue weighted by Gasteiger charge is -2.07. The van der Waals surface area contributed by atoms with Crippen molar-refractivity contribution in [2.45, 2.75) is 64.7 Å². The van der Waals surface area contributed by atoms with Gasteiger partial charge in [-0.2, -0.15) is 0 Å². The van der Waals surface area contributed by atoms with E-state index in [1.54, 1.807) is 0 Å². The van der Waals surface area contributed by atoms with Crippen LogP contribution in [0.15, 0.2) is 18.2 Å². The van der Waals surface area contributed by atoms with E-state index in [1.165, 1.54) is 56.9 Å². The Morgan fingerprint density at radius 1 is 0.857 bits per heavy atom. The summed E-state index contributed by atoms with van der Waals surface area (Å²) in [6, 6.07) is 5.74. The van der Waals surface area contributed by atoms with Crippen LogP contribution in [0.1, 0.15) is 63.9 Å². The molecule has 0 aliphatic carbocycles. The standard InChI is InChI=1S/C18H29Cl2N/c1-2-3-4-5-6-7-8-9-13-21-14-12-16-10-11-17(19)15-18(16)20/h10-11,15,21H,2-9,12-14H2,1H3. The highest BCUT2D eigenvalue weighted by molar-refractivity contribution is 6.35. The summed E-state index contributed by atoms with van der Waals surface area (Å²) in [6.07, 6.45) is 11.9. The molecule has 0 aromatic heterocycles. The predicted octanol–water partition coefficient (Wildman–Crippen LogP) is 6.27. The van der Waals surface area contributed by atoms with Gasteiger partial charge in [-0.05, 0) is 43.6 Å². The lowest BCUT2D eigenvalue weighted by molar-refractivity contribution is 0.556. The Labute approximate surface area is 140 Å². The maximum absolute atomic E-state index is 6.15. The highest BCUT2D eigenvalue weighted by atomic mass is 35.5. The van der Waals surface area contributed by atoms with Gasteiger partial charge in [-0.1, -0.05) is 81.1 Å². The third kappa shape index (κ3) is 9.39. The molecule has 1 rings (SSSR count). The van der Waals surface area contributed by atoms with Crippen LogP contribution in [-0.4, -0.2) is 13.1 Å². The second-order valence-corrected chi connectivity index (χ2v) is 6.55. The molecule has 1 aromatic rings. The van der Waals surface area contributed by atoms with Crippen molar-refractivity contribution in [1.82, 2.24) is 5.32 Å². The Morgan fingerprint density at radius 3 is 2.19 bits per heavy atom. The van der Waals surface area contributed by atoms with Crippen molar-refractivity contribution in [3.8, 4) is 0 Å². The van der Waals surface area contributed by atoms with Crippen LogP contribution in [-0.2, 0) is 6.42 Å². The van der Waals surface area contributed by atoms with Gasteiger partial charge in [-0.3, -0.25) is 0 Å². The first-order chi connectivity index (χ1) is 10.2. The first-order valence-corrected chi connectivity index (χ1v) is 9.14. The Bertz CT molecular complexity index is 379. The van der Waals surface area contributed by atoms with Crippen LogP contribution in [0, 0.1) is 0 Å². The molecule has 0 aliphatic heterocycles. The van der Waals surface area contributed by atoms with Gasteiger partial charge in [-0.25, -0.2) is 0 Å². The molecule has 0 bridgehead atoms. The van der Waals surface area contributed by atoms with Gasteiger partial charge in [0.2, 0.25) is 0 Å². The van der Waals surface area contributed by atoms with E-state index < -0.39 is 0 Å². The molecule has 0 fully saturated rings. The Balaban J connectivity index is 1.93. The molecular formula is C18H29Cl2N. The number of unbranched alkanes of at least 4 members (excludes halogenated alkanes) is 7. The van der Waals surface area contributed by atoms with Crippen LogP contribution in [0.2, 0.25) is 10.0 Å². The van der Waals surface area contributed by atoms with Gasteiger partial charge < -0.3 is 5.32 Å². The van der Waals surface area contributed by atoms with Crippen LogP contribution in [0.25, 0.3) is 0 Å². The van der Waals surface area contributed by atoms with E-state index in [0.717, 1.165) is 24.5 Å². The van der Waals surface area contributed by atoms with Gasteiger partial charge in [-0.15, -0.1) is 0 Å². The zero-order valence-corrected chi connectivity index (χ0v) is 14.8. The largest absolute Gasteiger partial charge is 0.316 e. The van der Waals surface area contributed by atoms with Gasteiger partial charge in [0.25, 0.3) is 0 Å². The van der Waals surface area contributed by atoms with Gasteiger partial charge in [0.1, 0.15) is 0 Å². The highest BCUT2D eigenvalue weighted by Gasteiger charge is 2.00. The summed E-state index contributed by atoms with van der Waals surface area (Å²) in [5.41, 5.74) is 1.17. The molecule has 1 N–H and O–H groups in total. The van der Waals surface area contributed by atoms with Crippen molar-refractivity contribution in [2.24, 2.45) is 0 Å². The minimum Gasteiger partial charge on any atom is -0.316 e. The summed E-state index contributed by atoms with van der Waals surface area (Å²) in [6.45, 7) is 4.36. The van der Waals surface area contributed by atoms with Gasteiger partial charge >= 0.3 is 0 Å². The van der Waals surface area contributed by atoms with Gasteiger partial charge in [0.05, 0.1) is 0 Å². The fraction of sp³-hybridized carbons (Fsp3) is 0.667. The van der Waals surface area contributed by atoms with E-state index in [4.69, 9.17) is 23.2 Å². The summed E-state index contributed by atoms with van der Waals surface area (Å²) < 4.78 is 0. The molecule has 0 atom stereocenters. The molecule has 21 heavy (non-hydrogen) atoms. The van der Waals surface area contributed by atoms with E-state index in [1.807, 2.05) is 18.2 Å². The molecule has 0 unspecified atom stereocenters. The van der Waals surface area contributed by atoms with E-state index >= 15 is 0 Å². The normalized spacial score (nSPS) is 11.0. The van der Waals surface area contributed by atoms with Crippen LogP contribution < -0.4 is 5.32 Å². The molecule has 0 radical (unpaired) electrons. The molecule has 3 heteroatoms. The first-order valence-electron chi connectivity index (χ1n) is 8.38. The first kappa shape index (κ1) is 18.8. The molecule has 0 saturated heterocycles. The Morgan fingerprint density at radius 2 is 1.52 bits per heavy atom. The predicted molar refractivity (Wildman–Crippen MR) is 95.6 cm³/mol. The van der Waals surface area contributed by atoms with Crippen molar-refractivity contribution in [3.05, 3.63) is 33.8 Å². The second-order valence-electron chi connectivity index (χ2n) is 5.71. The van der Waals surface area contributed by atoms with Crippen molar-refractivity contribution in [2.75, 3.05) is 13.1 Å².